The summed E-state index contributed by atoms with van der Waals surface area (Å²) in [6.45, 7) is 4.29. The van der Waals surface area contributed by atoms with Gasteiger partial charge >= 0.3 is 0 Å². The van der Waals surface area contributed by atoms with Crippen molar-refractivity contribution in [3.05, 3.63) is 35.4 Å². The Hall–Kier alpha value is -0.860. The largest absolute Gasteiger partial charge is 0.377 e. The van der Waals surface area contributed by atoms with Gasteiger partial charge in [0.05, 0.1) is 6.10 Å². The Morgan fingerprint density at radius 1 is 1.41 bits per heavy atom. The Morgan fingerprint density at radius 3 is 3.06 bits per heavy atom. The fraction of sp³-hybridized carbons (Fsp3) is 0.600. The van der Waals surface area contributed by atoms with E-state index in [4.69, 9.17) is 4.74 Å². The van der Waals surface area contributed by atoms with Crippen molar-refractivity contribution in [1.29, 1.82) is 0 Å². The molecule has 1 saturated heterocycles. The van der Waals surface area contributed by atoms with Crippen molar-refractivity contribution < 1.29 is 4.74 Å². The molecule has 3 atom stereocenters. The first-order chi connectivity index (χ1) is 8.34. The molecule has 0 aromatic heterocycles. The predicted molar refractivity (Wildman–Crippen MR) is 69.3 cm³/mol. The van der Waals surface area contributed by atoms with Gasteiger partial charge in [-0.2, -0.15) is 0 Å². The van der Waals surface area contributed by atoms with Crippen molar-refractivity contribution in [2.75, 3.05) is 13.2 Å². The molecule has 0 saturated carbocycles. The normalized spacial score (nSPS) is 28.5. The minimum atomic E-state index is 0.435. The summed E-state index contributed by atoms with van der Waals surface area (Å²) >= 11 is 0. The van der Waals surface area contributed by atoms with Crippen LogP contribution in [0.3, 0.4) is 0 Å². The maximum absolute atomic E-state index is 5.71. The van der Waals surface area contributed by atoms with Crippen LogP contribution >= 0.6 is 0 Å². The van der Waals surface area contributed by atoms with E-state index in [0.717, 1.165) is 19.1 Å². The number of fused-ring (bicyclic) bond motifs is 1. The van der Waals surface area contributed by atoms with E-state index < -0.39 is 0 Å². The van der Waals surface area contributed by atoms with Crippen LogP contribution in [0, 0.1) is 0 Å². The second-order valence-electron chi connectivity index (χ2n) is 5.35. The Labute approximate surface area is 103 Å². The number of nitrogens with one attached hydrogen (secondary N) is 1. The van der Waals surface area contributed by atoms with Crippen molar-refractivity contribution in [1.82, 2.24) is 5.32 Å². The maximum Gasteiger partial charge on any atom is 0.0726 e. The molecule has 0 radical (unpaired) electrons. The third-order valence-electron chi connectivity index (χ3n) is 4.17. The first-order valence-corrected chi connectivity index (χ1v) is 6.77. The van der Waals surface area contributed by atoms with Crippen molar-refractivity contribution in [3.8, 4) is 0 Å². The fourth-order valence-electron chi connectivity index (χ4n) is 3.00. The Balaban J connectivity index is 1.50. The van der Waals surface area contributed by atoms with E-state index in [1.807, 2.05) is 0 Å². The van der Waals surface area contributed by atoms with Gasteiger partial charge in [0, 0.05) is 25.1 Å². The number of rotatable bonds is 4. The summed E-state index contributed by atoms with van der Waals surface area (Å²) in [5.74, 6) is 0.718. The first kappa shape index (κ1) is 11.2. The second kappa shape index (κ2) is 4.79. The highest BCUT2D eigenvalue weighted by Crippen LogP contribution is 2.34. The topological polar surface area (TPSA) is 21.3 Å². The highest BCUT2D eigenvalue weighted by Gasteiger charge is 2.27. The summed E-state index contributed by atoms with van der Waals surface area (Å²) in [5, 5.41) is 3.64. The van der Waals surface area contributed by atoms with Gasteiger partial charge in [-0.25, -0.2) is 0 Å². The van der Waals surface area contributed by atoms with Crippen LogP contribution in [-0.4, -0.2) is 25.3 Å². The molecular formula is C15H21NO. The molecule has 1 heterocycles. The van der Waals surface area contributed by atoms with Crippen LogP contribution in [0.4, 0.5) is 0 Å². The van der Waals surface area contributed by atoms with Crippen LogP contribution < -0.4 is 5.32 Å². The lowest BCUT2D eigenvalue weighted by molar-refractivity contribution is 0.0830. The molecule has 0 amide bonds. The van der Waals surface area contributed by atoms with Gasteiger partial charge in [-0.3, -0.25) is 0 Å². The molecular weight excluding hydrogens is 210 g/mol. The lowest BCUT2D eigenvalue weighted by Crippen LogP contribution is -2.41. The smallest absolute Gasteiger partial charge is 0.0726 e. The lowest BCUT2D eigenvalue weighted by atomic mass is 9.77. The summed E-state index contributed by atoms with van der Waals surface area (Å²) in [7, 11) is 0. The third kappa shape index (κ3) is 2.24. The highest BCUT2D eigenvalue weighted by atomic mass is 16.5. The van der Waals surface area contributed by atoms with Gasteiger partial charge in [0.25, 0.3) is 0 Å². The van der Waals surface area contributed by atoms with Crippen LogP contribution in [0.1, 0.15) is 36.8 Å². The molecule has 2 aliphatic rings. The van der Waals surface area contributed by atoms with Gasteiger partial charge in [0.2, 0.25) is 0 Å². The Kier molecular flexibility index (Phi) is 3.17. The second-order valence-corrected chi connectivity index (χ2v) is 5.35. The summed E-state index contributed by atoms with van der Waals surface area (Å²) < 4.78 is 5.71. The highest BCUT2D eigenvalue weighted by molar-refractivity contribution is 5.40. The molecule has 2 nitrogen and oxygen atoms in total. The van der Waals surface area contributed by atoms with Crippen molar-refractivity contribution in [2.45, 2.75) is 44.2 Å². The fourth-order valence-corrected chi connectivity index (χ4v) is 3.00. The van der Waals surface area contributed by atoms with Gasteiger partial charge in [-0.05, 0) is 37.3 Å². The minimum Gasteiger partial charge on any atom is -0.377 e. The average molecular weight is 231 g/mol. The van der Waals surface area contributed by atoms with Crippen LogP contribution in [0.5, 0.6) is 0 Å². The molecule has 3 rings (SSSR count). The molecule has 3 unspecified atom stereocenters. The Morgan fingerprint density at radius 2 is 2.29 bits per heavy atom. The van der Waals surface area contributed by atoms with Gasteiger partial charge < -0.3 is 10.1 Å². The van der Waals surface area contributed by atoms with E-state index in [2.05, 4.69) is 36.5 Å². The molecule has 1 N–H and O–H groups in total. The van der Waals surface area contributed by atoms with Crippen LogP contribution in [0.15, 0.2) is 24.3 Å². The molecule has 17 heavy (non-hydrogen) atoms. The van der Waals surface area contributed by atoms with Crippen molar-refractivity contribution in [2.24, 2.45) is 0 Å². The molecule has 1 aliphatic carbocycles. The zero-order valence-electron chi connectivity index (χ0n) is 10.5. The molecule has 1 aromatic rings. The predicted octanol–water partition coefficient (Wildman–Crippen LogP) is 2.48. The summed E-state index contributed by atoms with van der Waals surface area (Å²) in [6, 6.07) is 9.29. The van der Waals surface area contributed by atoms with Gasteiger partial charge in [0.1, 0.15) is 0 Å². The van der Waals surface area contributed by atoms with Crippen LogP contribution in [-0.2, 0) is 11.2 Å². The maximum atomic E-state index is 5.71. The molecule has 0 spiro atoms. The third-order valence-corrected chi connectivity index (χ3v) is 4.17. The SMILES string of the molecule is CC(NCC1Cc2ccccc21)C1CCCO1. The summed E-state index contributed by atoms with van der Waals surface area (Å²) in [6.07, 6.45) is 4.12. The standard InChI is InChI=1S/C15H21NO/c1-11(15-7-4-8-17-15)16-10-13-9-12-5-2-3-6-14(12)13/h2-3,5-6,11,13,15-16H,4,7-10H2,1H3. The van der Waals surface area contributed by atoms with Crippen molar-refractivity contribution in [3.63, 3.8) is 0 Å². The average Bonchev–Trinajstić information content (AvgIpc) is 2.83. The first-order valence-electron chi connectivity index (χ1n) is 6.77. The molecule has 2 heteroatoms. The van der Waals surface area contributed by atoms with E-state index in [0.29, 0.717) is 12.1 Å². The van der Waals surface area contributed by atoms with Crippen molar-refractivity contribution >= 4 is 0 Å². The van der Waals surface area contributed by atoms with Gasteiger partial charge in [-0.1, -0.05) is 24.3 Å². The number of ether oxygens (including phenoxy) is 1. The zero-order valence-corrected chi connectivity index (χ0v) is 10.5. The van der Waals surface area contributed by atoms with E-state index >= 15 is 0 Å². The molecule has 1 aromatic carbocycles. The molecule has 1 fully saturated rings. The summed E-state index contributed by atoms with van der Waals surface area (Å²) in [4.78, 5) is 0. The quantitative estimate of drug-likeness (QED) is 0.859. The molecule has 92 valence electrons. The number of hydrogen-bond donors (Lipinski definition) is 1. The van der Waals surface area contributed by atoms with Gasteiger partial charge in [-0.15, -0.1) is 0 Å². The molecule has 0 bridgehead atoms. The Bertz CT molecular complexity index is 384. The summed E-state index contributed by atoms with van der Waals surface area (Å²) in [5.41, 5.74) is 3.07. The zero-order chi connectivity index (χ0) is 11.7. The minimum absolute atomic E-state index is 0.435. The monoisotopic (exact) mass is 231 g/mol. The number of hydrogen-bond acceptors (Lipinski definition) is 2. The van der Waals surface area contributed by atoms with E-state index in [9.17, 15) is 0 Å². The van der Waals surface area contributed by atoms with E-state index in [1.165, 1.54) is 24.8 Å². The van der Waals surface area contributed by atoms with E-state index in [1.54, 1.807) is 5.56 Å². The molecule has 1 aliphatic heterocycles. The number of benzene rings is 1. The van der Waals surface area contributed by atoms with Gasteiger partial charge in [0.15, 0.2) is 0 Å². The van der Waals surface area contributed by atoms with E-state index in [-0.39, 0.29) is 0 Å². The van der Waals surface area contributed by atoms with Crippen LogP contribution in [0.2, 0.25) is 0 Å². The lowest BCUT2D eigenvalue weighted by Gasteiger charge is -2.32. The van der Waals surface area contributed by atoms with Crippen LogP contribution in [0.25, 0.3) is 0 Å².